The number of likely N-dealkylation sites (tertiary alicyclic amines) is 1. The van der Waals surface area contributed by atoms with Gasteiger partial charge in [-0.2, -0.15) is 0 Å². The van der Waals surface area contributed by atoms with Gasteiger partial charge in [-0.25, -0.2) is 0 Å². The Labute approximate surface area is 152 Å². The van der Waals surface area contributed by atoms with Crippen molar-refractivity contribution in [3.05, 3.63) is 54.6 Å². The van der Waals surface area contributed by atoms with Gasteiger partial charge in [0, 0.05) is 13.0 Å². The Morgan fingerprint density at radius 2 is 1.85 bits per heavy atom. The molecule has 1 aliphatic rings. The van der Waals surface area contributed by atoms with Gasteiger partial charge in [0.25, 0.3) is 5.91 Å². The number of ether oxygens (including phenoxy) is 2. The third kappa shape index (κ3) is 4.14. The summed E-state index contributed by atoms with van der Waals surface area (Å²) in [6, 6.07) is 16.4. The standard InChI is InChI=1S/C20H22N2O4/c1-25-18-11-6-5-10-17(18)22(15-21-13-7-12-19(21)23)20(24)14-26-16-8-3-2-4-9-16/h2-6,8-11H,7,12-15H2,1H3. The first-order chi connectivity index (χ1) is 12.7. The van der Waals surface area contributed by atoms with Crippen LogP contribution in [0.4, 0.5) is 5.69 Å². The van der Waals surface area contributed by atoms with Crippen LogP contribution in [-0.2, 0) is 9.59 Å². The van der Waals surface area contributed by atoms with Crippen molar-refractivity contribution in [1.29, 1.82) is 0 Å². The number of hydrogen-bond acceptors (Lipinski definition) is 4. The van der Waals surface area contributed by atoms with Crippen LogP contribution >= 0.6 is 0 Å². The molecule has 2 amide bonds. The van der Waals surface area contributed by atoms with Crippen LogP contribution in [0.5, 0.6) is 11.5 Å². The van der Waals surface area contributed by atoms with E-state index in [9.17, 15) is 9.59 Å². The number of methoxy groups -OCH3 is 1. The average Bonchev–Trinajstić information content (AvgIpc) is 3.09. The lowest BCUT2D eigenvalue weighted by Crippen LogP contribution is -2.44. The van der Waals surface area contributed by atoms with Gasteiger partial charge in [-0.3, -0.25) is 14.5 Å². The lowest BCUT2D eigenvalue weighted by molar-refractivity contribution is -0.128. The smallest absolute Gasteiger partial charge is 0.266 e. The van der Waals surface area contributed by atoms with E-state index in [2.05, 4.69) is 0 Å². The molecule has 1 aliphatic heterocycles. The van der Waals surface area contributed by atoms with E-state index in [1.807, 2.05) is 30.3 Å². The number of carbonyl (C=O) groups excluding carboxylic acids is 2. The monoisotopic (exact) mass is 354 g/mol. The van der Waals surface area contributed by atoms with Gasteiger partial charge in [0.1, 0.15) is 18.2 Å². The van der Waals surface area contributed by atoms with Crippen LogP contribution in [-0.4, -0.2) is 43.6 Å². The minimum Gasteiger partial charge on any atom is -0.495 e. The van der Waals surface area contributed by atoms with Crippen molar-refractivity contribution in [2.45, 2.75) is 12.8 Å². The van der Waals surface area contributed by atoms with Crippen molar-refractivity contribution < 1.29 is 19.1 Å². The third-order valence-electron chi connectivity index (χ3n) is 4.27. The van der Waals surface area contributed by atoms with Crippen LogP contribution in [0.15, 0.2) is 54.6 Å². The molecular formula is C20H22N2O4. The van der Waals surface area contributed by atoms with E-state index >= 15 is 0 Å². The van der Waals surface area contributed by atoms with Gasteiger partial charge in [0.15, 0.2) is 6.61 Å². The first-order valence-electron chi connectivity index (χ1n) is 8.58. The minimum absolute atomic E-state index is 0.0571. The fourth-order valence-corrected chi connectivity index (χ4v) is 2.91. The van der Waals surface area contributed by atoms with Crippen LogP contribution < -0.4 is 14.4 Å². The molecular weight excluding hydrogens is 332 g/mol. The highest BCUT2D eigenvalue weighted by atomic mass is 16.5. The van der Waals surface area contributed by atoms with Crippen molar-refractivity contribution in [1.82, 2.24) is 4.90 Å². The molecule has 1 heterocycles. The molecule has 136 valence electrons. The molecule has 0 bridgehead atoms. The molecule has 0 aromatic heterocycles. The van der Waals surface area contributed by atoms with E-state index in [0.717, 1.165) is 6.42 Å². The van der Waals surface area contributed by atoms with E-state index in [1.54, 1.807) is 41.2 Å². The summed E-state index contributed by atoms with van der Waals surface area (Å²) in [7, 11) is 1.56. The van der Waals surface area contributed by atoms with E-state index < -0.39 is 0 Å². The number of benzene rings is 2. The molecule has 6 heteroatoms. The summed E-state index contributed by atoms with van der Waals surface area (Å²) in [5.41, 5.74) is 0.622. The van der Waals surface area contributed by atoms with Crippen molar-refractivity contribution in [3.8, 4) is 11.5 Å². The predicted octanol–water partition coefficient (Wildman–Crippen LogP) is 2.69. The fraction of sp³-hybridized carbons (Fsp3) is 0.300. The summed E-state index contributed by atoms with van der Waals surface area (Å²) < 4.78 is 11.0. The summed E-state index contributed by atoms with van der Waals surface area (Å²) in [5, 5.41) is 0. The van der Waals surface area contributed by atoms with Gasteiger partial charge in [-0.1, -0.05) is 30.3 Å². The van der Waals surface area contributed by atoms with Crippen molar-refractivity contribution in [3.63, 3.8) is 0 Å². The lowest BCUT2D eigenvalue weighted by atomic mass is 10.2. The van der Waals surface area contributed by atoms with Crippen LogP contribution in [0, 0.1) is 0 Å². The molecule has 0 unspecified atom stereocenters. The number of amides is 2. The predicted molar refractivity (Wildman–Crippen MR) is 98.2 cm³/mol. The molecule has 0 radical (unpaired) electrons. The Bertz CT molecular complexity index is 763. The van der Waals surface area contributed by atoms with Gasteiger partial charge in [-0.05, 0) is 30.7 Å². The van der Waals surface area contributed by atoms with Crippen molar-refractivity contribution >= 4 is 17.5 Å². The zero-order valence-corrected chi connectivity index (χ0v) is 14.8. The maximum Gasteiger partial charge on any atom is 0.266 e. The fourth-order valence-electron chi connectivity index (χ4n) is 2.91. The van der Waals surface area contributed by atoms with Crippen LogP contribution in [0.3, 0.4) is 0 Å². The van der Waals surface area contributed by atoms with Gasteiger partial charge in [0.05, 0.1) is 12.8 Å². The zero-order valence-electron chi connectivity index (χ0n) is 14.8. The highest BCUT2D eigenvalue weighted by molar-refractivity contribution is 5.96. The zero-order chi connectivity index (χ0) is 18.4. The molecule has 0 spiro atoms. The highest BCUT2D eigenvalue weighted by Gasteiger charge is 2.27. The maximum atomic E-state index is 12.9. The van der Waals surface area contributed by atoms with E-state index in [-0.39, 0.29) is 25.1 Å². The molecule has 1 fully saturated rings. The van der Waals surface area contributed by atoms with Gasteiger partial charge in [0.2, 0.25) is 5.91 Å². The summed E-state index contributed by atoms with van der Waals surface area (Å²) in [6.07, 6.45) is 1.34. The topological polar surface area (TPSA) is 59.1 Å². The Morgan fingerprint density at radius 3 is 2.54 bits per heavy atom. The molecule has 0 N–H and O–H groups in total. The number of anilines is 1. The van der Waals surface area contributed by atoms with Crippen molar-refractivity contribution in [2.75, 3.05) is 31.8 Å². The van der Waals surface area contributed by atoms with Crippen LogP contribution in [0.2, 0.25) is 0 Å². The second-order valence-electron chi connectivity index (χ2n) is 6.00. The highest BCUT2D eigenvalue weighted by Crippen LogP contribution is 2.28. The average molecular weight is 354 g/mol. The molecule has 1 saturated heterocycles. The molecule has 6 nitrogen and oxygen atoms in total. The molecule has 2 aromatic carbocycles. The first kappa shape index (κ1) is 17.8. The number of nitrogens with zero attached hydrogens (tertiary/aromatic N) is 2. The summed E-state index contributed by atoms with van der Waals surface area (Å²) in [5.74, 6) is 1.02. The van der Waals surface area contributed by atoms with Crippen LogP contribution in [0.25, 0.3) is 0 Å². The number of para-hydroxylation sites is 3. The first-order valence-corrected chi connectivity index (χ1v) is 8.58. The number of carbonyl (C=O) groups is 2. The van der Waals surface area contributed by atoms with Crippen molar-refractivity contribution in [2.24, 2.45) is 0 Å². The summed E-state index contributed by atoms with van der Waals surface area (Å²) >= 11 is 0. The molecule has 2 aromatic rings. The second kappa shape index (κ2) is 8.38. The number of hydrogen-bond donors (Lipinski definition) is 0. The van der Waals surface area contributed by atoms with E-state index in [0.29, 0.717) is 30.2 Å². The third-order valence-corrected chi connectivity index (χ3v) is 4.27. The molecule has 0 saturated carbocycles. The quantitative estimate of drug-likeness (QED) is 0.767. The Kier molecular flexibility index (Phi) is 5.73. The second-order valence-corrected chi connectivity index (χ2v) is 6.00. The van der Waals surface area contributed by atoms with E-state index in [4.69, 9.17) is 9.47 Å². The summed E-state index contributed by atoms with van der Waals surface area (Å²) in [4.78, 5) is 28.1. The SMILES string of the molecule is COc1ccccc1N(CN1CCCC1=O)C(=O)COc1ccccc1. The minimum atomic E-state index is -0.238. The Morgan fingerprint density at radius 1 is 1.12 bits per heavy atom. The summed E-state index contributed by atoms with van der Waals surface area (Å²) in [6.45, 7) is 0.720. The molecule has 26 heavy (non-hydrogen) atoms. The number of rotatable bonds is 7. The molecule has 3 rings (SSSR count). The normalized spacial score (nSPS) is 13.6. The Hall–Kier alpha value is -3.02. The Balaban J connectivity index is 1.79. The van der Waals surface area contributed by atoms with Gasteiger partial charge >= 0.3 is 0 Å². The van der Waals surface area contributed by atoms with E-state index in [1.165, 1.54) is 0 Å². The van der Waals surface area contributed by atoms with Crippen LogP contribution in [0.1, 0.15) is 12.8 Å². The molecule has 0 aliphatic carbocycles. The molecule has 0 atom stereocenters. The maximum absolute atomic E-state index is 12.9. The largest absolute Gasteiger partial charge is 0.495 e. The van der Waals surface area contributed by atoms with Gasteiger partial charge in [-0.15, -0.1) is 0 Å². The van der Waals surface area contributed by atoms with Gasteiger partial charge < -0.3 is 14.4 Å². The lowest BCUT2D eigenvalue weighted by Gasteiger charge is -2.29.